The predicted molar refractivity (Wildman–Crippen MR) is 56.5 cm³/mol. The van der Waals surface area contributed by atoms with E-state index in [2.05, 4.69) is 6.92 Å². The first-order chi connectivity index (χ1) is 6.24. The molecule has 1 aromatic rings. The average Bonchev–Trinajstić information content (AvgIpc) is 2.09. The van der Waals surface area contributed by atoms with Crippen LogP contribution < -0.4 is 4.74 Å². The smallest absolute Gasteiger partial charge is 0.137 e. The van der Waals surface area contributed by atoms with Gasteiger partial charge in [0.25, 0.3) is 0 Å². The highest BCUT2D eigenvalue weighted by atomic mass is 35.5. The second kappa shape index (κ2) is 5.36. The van der Waals surface area contributed by atoms with Gasteiger partial charge in [-0.2, -0.15) is 0 Å². The van der Waals surface area contributed by atoms with Crippen molar-refractivity contribution in [1.29, 1.82) is 0 Å². The summed E-state index contributed by atoms with van der Waals surface area (Å²) in [4.78, 5) is 0. The summed E-state index contributed by atoms with van der Waals surface area (Å²) in [6.07, 6.45) is 3.02. The first-order valence-corrected chi connectivity index (χ1v) is 4.89. The van der Waals surface area contributed by atoms with E-state index in [1.54, 1.807) is 18.2 Å². The number of hydrogen-bond donors (Lipinski definition) is 0. The van der Waals surface area contributed by atoms with Crippen LogP contribution in [-0.4, -0.2) is 6.61 Å². The van der Waals surface area contributed by atoms with E-state index in [0.29, 0.717) is 22.4 Å². The Morgan fingerprint density at radius 1 is 1.38 bits per heavy atom. The Kier molecular flexibility index (Phi) is 4.40. The Hall–Kier alpha value is -0.400. The summed E-state index contributed by atoms with van der Waals surface area (Å²) in [5.41, 5.74) is 0. The van der Waals surface area contributed by atoms with E-state index in [4.69, 9.17) is 27.9 Å². The molecule has 0 fully saturated rings. The molecule has 0 atom stereocenters. The van der Waals surface area contributed by atoms with Crippen molar-refractivity contribution >= 4 is 23.2 Å². The molecule has 0 amide bonds. The molecule has 1 radical (unpaired) electrons. The quantitative estimate of drug-likeness (QED) is 0.694. The zero-order valence-electron chi connectivity index (χ0n) is 7.39. The van der Waals surface area contributed by atoms with Crippen LogP contribution in [0.4, 0.5) is 0 Å². The van der Waals surface area contributed by atoms with E-state index in [1.165, 1.54) is 0 Å². The molecule has 0 N–H and O–H groups in total. The van der Waals surface area contributed by atoms with Gasteiger partial charge in [-0.1, -0.05) is 30.1 Å². The molecule has 0 spiro atoms. The molecular formula is C10H11Cl2O. The summed E-state index contributed by atoms with van der Waals surface area (Å²) >= 11 is 11.6. The lowest BCUT2D eigenvalue weighted by Gasteiger charge is -2.06. The number of benzene rings is 1. The number of halogens is 2. The fraction of sp³-hybridized carbons (Fsp3) is 0.300. The molecule has 71 valence electrons. The Bertz CT molecular complexity index is 274. The van der Waals surface area contributed by atoms with Crippen LogP contribution in [0.25, 0.3) is 0 Å². The van der Waals surface area contributed by atoms with Crippen molar-refractivity contribution in [3.8, 4) is 5.75 Å². The lowest BCUT2D eigenvalue weighted by Crippen LogP contribution is -1.97. The van der Waals surface area contributed by atoms with Gasteiger partial charge in [0, 0.05) is 5.02 Å². The van der Waals surface area contributed by atoms with E-state index in [-0.39, 0.29) is 0 Å². The normalized spacial score (nSPS) is 10.1. The highest BCUT2D eigenvalue weighted by Crippen LogP contribution is 2.27. The molecular weight excluding hydrogens is 207 g/mol. The lowest BCUT2D eigenvalue weighted by atomic mass is 10.3. The van der Waals surface area contributed by atoms with E-state index < -0.39 is 0 Å². The first kappa shape index (κ1) is 10.7. The van der Waals surface area contributed by atoms with Crippen LogP contribution in [-0.2, 0) is 0 Å². The molecule has 0 aliphatic carbocycles. The van der Waals surface area contributed by atoms with Crippen molar-refractivity contribution in [3.05, 3.63) is 34.7 Å². The fourth-order valence-electron chi connectivity index (χ4n) is 0.859. The third-order valence-corrected chi connectivity index (χ3v) is 2.07. The minimum Gasteiger partial charge on any atom is -0.492 e. The highest BCUT2D eigenvalue weighted by Gasteiger charge is 2.01. The van der Waals surface area contributed by atoms with Crippen molar-refractivity contribution in [2.24, 2.45) is 0 Å². The van der Waals surface area contributed by atoms with Crippen molar-refractivity contribution in [2.75, 3.05) is 6.61 Å². The van der Waals surface area contributed by atoms with Gasteiger partial charge >= 0.3 is 0 Å². The van der Waals surface area contributed by atoms with Crippen LogP contribution in [0.5, 0.6) is 5.75 Å². The molecule has 0 saturated carbocycles. The molecule has 0 aromatic heterocycles. The number of rotatable bonds is 4. The summed E-state index contributed by atoms with van der Waals surface area (Å²) in [7, 11) is 0. The maximum atomic E-state index is 5.89. The zero-order valence-corrected chi connectivity index (χ0v) is 8.90. The van der Waals surface area contributed by atoms with Crippen LogP contribution >= 0.6 is 23.2 Å². The van der Waals surface area contributed by atoms with Crippen LogP contribution in [0.2, 0.25) is 10.0 Å². The van der Waals surface area contributed by atoms with E-state index in [0.717, 1.165) is 6.42 Å². The van der Waals surface area contributed by atoms with Gasteiger partial charge in [0.05, 0.1) is 11.6 Å². The lowest BCUT2D eigenvalue weighted by molar-refractivity contribution is 0.346. The number of unbranched alkanes of at least 4 members (excludes halogenated alkanes) is 1. The molecule has 0 saturated heterocycles. The second-order valence-electron chi connectivity index (χ2n) is 2.58. The molecule has 1 aromatic carbocycles. The average molecular weight is 218 g/mol. The number of hydrogen-bond acceptors (Lipinski definition) is 1. The number of ether oxygens (including phenoxy) is 1. The van der Waals surface area contributed by atoms with E-state index >= 15 is 0 Å². The Morgan fingerprint density at radius 3 is 2.77 bits per heavy atom. The second-order valence-corrected chi connectivity index (χ2v) is 3.43. The van der Waals surface area contributed by atoms with Crippen LogP contribution in [0, 0.1) is 6.42 Å². The van der Waals surface area contributed by atoms with E-state index in [1.807, 2.05) is 6.42 Å². The highest BCUT2D eigenvalue weighted by molar-refractivity contribution is 6.35. The monoisotopic (exact) mass is 217 g/mol. The molecule has 0 unspecified atom stereocenters. The summed E-state index contributed by atoms with van der Waals surface area (Å²) in [5.74, 6) is 0.677. The maximum Gasteiger partial charge on any atom is 0.137 e. The summed E-state index contributed by atoms with van der Waals surface area (Å²) in [5, 5.41) is 1.17. The van der Waals surface area contributed by atoms with Gasteiger partial charge in [-0.25, -0.2) is 0 Å². The molecule has 0 aliphatic heterocycles. The van der Waals surface area contributed by atoms with Gasteiger partial charge in [0.2, 0.25) is 0 Å². The van der Waals surface area contributed by atoms with Gasteiger partial charge in [-0.15, -0.1) is 0 Å². The van der Waals surface area contributed by atoms with Crippen molar-refractivity contribution in [1.82, 2.24) is 0 Å². The predicted octanol–water partition coefficient (Wildman–Crippen LogP) is 3.99. The van der Waals surface area contributed by atoms with Crippen molar-refractivity contribution in [2.45, 2.75) is 13.3 Å². The molecule has 1 nitrogen and oxygen atoms in total. The maximum absolute atomic E-state index is 5.89. The SMILES string of the molecule is CC[CH]COc1ccc(Cl)cc1Cl. The Balaban J connectivity index is 2.56. The zero-order chi connectivity index (χ0) is 9.68. The van der Waals surface area contributed by atoms with E-state index in [9.17, 15) is 0 Å². The van der Waals surface area contributed by atoms with Crippen LogP contribution in [0.1, 0.15) is 13.3 Å². The third-order valence-electron chi connectivity index (χ3n) is 1.54. The minimum absolute atomic E-state index is 0.553. The van der Waals surface area contributed by atoms with Crippen LogP contribution in [0.3, 0.4) is 0 Å². The van der Waals surface area contributed by atoms with Gasteiger partial charge in [-0.05, 0) is 31.0 Å². The largest absolute Gasteiger partial charge is 0.492 e. The van der Waals surface area contributed by atoms with Crippen LogP contribution in [0.15, 0.2) is 18.2 Å². The summed E-state index contributed by atoms with van der Waals surface area (Å²) < 4.78 is 5.39. The van der Waals surface area contributed by atoms with Crippen molar-refractivity contribution in [3.63, 3.8) is 0 Å². The molecule has 1 rings (SSSR count). The summed E-state index contributed by atoms with van der Waals surface area (Å²) in [6.45, 7) is 2.64. The van der Waals surface area contributed by atoms with Gasteiger partial charge < -0.3 is 4.74 Å². The topological polar surface area (TPSA) is 9.23 Å². The Labute approximate surface area is 88.6 Å². The van der Waals surface area contributed by atoms with Crippen molar-refractivity contribution < 1.29 is 4.74 Å². The summed E-state index contributed by atoms with van der Waals surface area (Å²) in [6, 6.07) is 5.20. The molecule has 0 aliphatic rings. The fourth-order valence-corrected chi connectivity index (χ4v) is 1.32. The van der Waals surface area contributed by atoms with Gasteiger partial charge in [0.15, 0.2) is 0 Å². The molecule has 0 bridgehead atoms. The minimum atomic E-state index is 0.553. The van der Waals surface area contributed by atoms with Gasteiger partial charge in [0.1, 0.15) is 5.75 Å². The Morgan fingerprint density at radius 2 is 2.15 bits per heavy atom. The molecule has 13 heavy (non-hydrogen) atoms. The standard InChI is InChI=1S/C10H11Cl2O/c1-2-3-6-13-10-5-4-8(11)7-9(10)12/h3-5,7H,2,6H2,1H3. The van der Waals surface area contributed by atoms with Gasteiger partial charge in [-0.3, -0.25) is 0 Å². The molecule has 3 heteroatoms. The molecule has 0 heterocycles. The first-order valence-electron chi connectivity index (χ1n) is 4.13. The third kappa shape index (κ3) is 3.45.